The maximum absolute atomic E-state index is 12.4. The van der Waals surface area contributed by atoms with Gasteiger partial charge in [-0.1, -0.05) is 12.1 Å². The van der Waals surface area contributed by atoms with Gasteiger partial charge in [-0.15, -0.1) is 0 Å². The Hall–Kier alpha value is -4.00. The number of benzene rings is 3. The molecule has 0 aromatic heterocycles. The summed E-state index contributed by atoms with van der Waals surface area (Å²) in [6, 6.07) is 19.7. The van der Waals surface area contributed by atoms with Gasteiger partial charge in [-0.05, 0) is 54.6 Å². The minimum Gasteiger partial charge on any atom is -0.508 e. The van der Waals surface area contributed by atoms with E-state index in [4.69, 9.17) is 9.47 Å². The second-order valence-corrected chi connectivity index (χ2v) is 6.10. The number of amides is 2. The zero-order chi connectivity index (χ0) is 20.6. The zero-order valence-electron chi connectivity index (χ0n) is 15.7. The van der Waals surface area contributed by atoms with E-state index in [-0.39, 0.29) is 24.2 Å². The molecule has 0 aliphatic rings. The lowest BCUT2D eigenvalue weighted by molar-refractivity contribution is -0.118. The van der Waals surface area contributed by atoms with Crippen LogP contribution in [0.3, 0.4) is 0 Å². The van der Waals surface area contributed by atoms with Crippen molar-refractivity contribution < 1.29 is 24.2 Å². The van der Waals surface area contributed by atoms with Gasteiger partial charge in [-0.3, -0.25) is 9.59 Å². The molecule has 7 nitrogen and oxygen atoms in total. The van der Waals surface area contributed by atoms with E-state index in [1.165, 1.54) is 12.1 Å². The van der Waals surface area contributed by atoms with Crippen LogP contribution in [-0.2, 0) is 4.79 Å². The fourth-order valence-corrected chi connectivity index (χ4v) is 2.54. The largest absolute Gasteiger partial charge is 0.508 e. The van der Waals surface area contributed by atoms with E-state index < -0.39 is 0 Å². The molecule has 0 saturated carbocycles. The maximum atomic E-state index is 12.4. The molecule has 148 valence electrons. The summed E-state index contributed by atoms with van der Waals surface area (Å²) in [4.78, 5) is 24.5. The molecule has 0 saturated heterocycles. The number of phenols is 1. The Labute approximate surface area is 167 Å². The van der Waals surface area contributed by atoms with Crippen molar-refractivity contribution in [1.29, 1.82) is 0 Å². The molecular weight excluding hydrogens is 372 g/mol. The number of rotatable bonds is 7. The van der Waals surface area contributed by atoms with Crippen molar-refractivity contribution in [2.45, 2.75) is 0 Å². The third-order valence-corrected chi connectivity index (χ3v) is 3.94. The van der Waals surface area contributed by atoms with Crippen molar-refractivity contribution in [1.82, 2.24) is 0 Å². The molecule has 29 heavy (non-hydrogen) atoms. The molecule has 3 N–H and O–H groups in total. The van der Waals surface area contributed by atoms with Gasteiger partial charge in [0.15, 0.2) is 6.61 Å². The standard InChI is InChI=1S/C22H20N2O5/c1-28-19-8-10-20(11-9-19)29-14-21(26)23-16-5-2-4-15(12-16)22(27)24-17-6-3-7-18(25)13-17/h2-13,25H,14H2,1H3,(H,23,26)(H,24,27). The molecule has 0 bridgehead atoms. The summed E-state index contributed by atoms with van der Waals surface area (Å²) in [6.07, 6.45) is 0. The van der Waals surface area contributed by atoms with E-state index >= 15 is 0 Å². The Morgan fingerprint density at radius 3 is 2.21 bits per heavy atom. The Kier molecular flexibility index (Phi) is 6.32. The first kappa shape index (κ1) is 19.8. The van der Waals surface area contributed by atoms with E-state index in [1.807, 2.05) is 0 Å². The lowest BCUT2D eigenvalue weighted by Crippen LogP contribution is -2.20. The van der Waals surface area contributed by atoms with E-state index in [2.05, 4.69) is 10.6 Å². The number of carbonyl (C=O) groups is 2. The number of aromatic hydroxyl groups is 1. The van der Waals surface area contributed by atoms with Gasteiger partial charge in [0, 0.05) is 23.0 Å². The first-order valence-corrected chi connectivity index (χ1v) is 8.80. The fourth-order valence-electron chi connectivity index (χ4n) is 2.54. The zero-order valence-corrected chi connectivity index (χ0v) is 15.7. The third kappa shape index (κ3) is 5.74. The van der Waals surface area contributed by atoms with Gasteiger partial charge in [0.1, 0.15) is 17.2 Å². The summed E-state index contributed by atoms with van der Waals surface area (Å²) in [5, 5.41) is 14.9. The average Bonchev–Trinajstić information content (AvgIpc) is 2.73. The van der Waals surface area contributed by atoms with Crippen LogP contribution in [0.1, 0.15) is 10.4 Å². The molecule has 0 aliphatic heterocycles. The van der Waals surface area contributed by atoms with Crippen LogP contribution in [0.25, 0.3) is 0 Å². The Bertz CT molecular complexity index is 1000. The minimum atomic E-state index is -0.360. The SMILES string of the molecule is COc1ccc(OCC(=O)Nc2cccc(C(=O)Nc3cccc(O)c3)c2)cc1. The van der Waals surface area contributed by atoms with Crippen LogP contribution < -0.4 is 20.1 Å². The number of carbonyl (C=O) groups excluding carboxylic acids is 2. The van der Waals surface area contributed by atoms with Crippen molar-refractivity contribution >= 4 is 23.2 Å². The van der Waals surface area contributed by atoms with Crippen molar-refractivity contribution in [2.75, 3.05) is 24.4 Å². The summed E-state index contributed by atoms with van der Waals surface area (Å²) in [5.74, 6) is 0.580. The monoisotopic (exact) mass is 392 g/mol. The van der Waals surface area contributed by atoms with E-state index in [0.717, 1.165) is 0 Å². The Morgan fingerprint density at radius 2 is 1.52 bits per heavy atom. The number of nitrogens with one attached hydrogen (secondary N) is 2. The van der Waals surface area contributed by atoms with E-state index in [0.29, 0.717) is 28.4 Å². The van der Waals surface area contributed by atoms with Gasteiger partial charge >= 0.3 is 0 Å². The highest BCUT2D eigenvalue weighted by molar-refractivity contribution is 6.05. The van der Waals surface area contributed by atoms with Crippen LogP contribution >= 0.6 is 0 Å². The molecular formula is C22H20N2O5. The second-order valence-electron chi connectivity index (χ2n) is 6.10. The molecule has 0 fully saturated rings. The van der Waals surface area contributed by atoms with Crippen molar-refractivity contribution in [2.24, 2.45) is 0 Å². The number of anilines is 2. The van der Waals surface area contributed by atoms with Crippen LogP contribution in [0, 0.1) is 0 Å². The van der Waals surface area contributed by atoms with E-state index in [1.54, 1.807) is 67.8 Å². The normalized spacial score (nSPS) is 10.1. The first-order valence-electron chi connectivity index (χ1n) is 8.80. The molecule has 0 unspecified atom stereocenters. The molecule has 3 rings (SSSR count). The molecule has 0 aliphatic carbocycles. The van der Waals surface area contributed by atoms with E-state index in [9.17, 15) is 14.7 Å². The smallest absolute Gasteiger partial charge is 0.262 e. The number of phenolic OH excluding ortho intramolecular Hbond substituents is 1. The predicted octanol–water partition coefficient (Wildman–Crippen LogP) is 3.67. The Balaban J connectivity index is 1.56. The van der Waals surface area contributed by atoms with Crippen LogP contribution in [0.15, 0.2) is 72.8 Å². The number of ether oxygens (including phenoxy) is 2. The Morgan fingerprint density at radius 1 is 0.862 bits per heavy atom. The number of methoxy groups -OCH3 is 1. The lowest BCUT2D eigenvalue weighted by atomic mass is 10.1. The third-order valence-electron chi connectivity index (χ3n) is 3.94. The molecule has 0 spiro atoms. The molecule has 7 heteroatoms. The first-order chi connectivity index (χ1) is 14.0. The number of hydrogen-bond acceptors (Lipinski definition) is 5. The highest BCUT2D eigenvalue weighted by Gasteiger charge is 2.09. The quantitative estimate of drug-likeness (QED) is 0.570. The molecule has 0 radical (unpaired) electrons. The highest BCUT2D eigenvalue weighted by Crippen LogP contribution is 2.19. The molecule has 0 atom stereocenters. The van der Waals surface area contributed by atoms with Gasteiger partial charge in [0.05, 0.1) is 7.11 Å². The van der Waals surface area contributed by atoms with Gasteiger partial charge in [-0.25, -0.2) is 0 Å². The summed E-state index contributed by atoms with van der Waals surface area (Å²) in [7, 11) is 1.57. The second kappa shape index (κ2) is 9.27. The van der Waals surface area contributed by atoms with Crippen molar-refractivity contribution in [3.8, 4) is 17.2 Å². The maximum Gasteiger partial charge on any atom is 0.262 e. The summed E-state index contributed by atoms with van der Waals surface area (Å²) in [5.41, 5.74) is 1.30. The highest BCUT2D eigenvalue weighted by atomic mass is 16.5. The average molecular weight is 392 g/mol. The van der Waals surface area contributed by atoms with Gasteiger partial charge < -0.3 is 25.2 Å². The van der Waals surface area contributed by atoms with Crippen LogP contribution in [0.4, 0.5) is 11.4 Å². The molecule has 3 aromatic rings. The van der Waals surface area contributed by atoms with Crippen LogP contribution in [0.2, 0.25) is 0 Å². The van der Waals surface area contributed by atoms with Gasteiger partial charge in [-0.2, -0.15) is 0 Å². The van der Waals surface area contributed by atoms with Gasteiger partial charge in [0.2, 0.25) is 0 Å². The minimum absolute atomic E-state index is 0.0562. The molecule has 2 amide bonds. The predicted molar refractivity (Wildman–Crippen MR) is 110 cm³/mol. The molecule has 0 heterocycles. The lowest BCUT2D eigenvalue weighted by Gasteiger charge is -2.10. The van der Waals surface area contributed by atoms with Crippen LogP contribution in [0.5, 0.6) is 17.2 Å². The summed E-state index contributed by atoms with van der Waals surface area (Å²) < 4.78 is 10.5. The van der Waals surface area contributed by atoms with Gasteiger partial charge in [0.25, 0.3) is 11.8 Å². The fraction of sp³-hybridized carbons (Fsp3) is 0.0909. The van der Waals surface area contributed by atoms with Crippen molar-refractivity contribution in [3.63, 3.8) is 0 Å². The molecule has 3 aromatic carbocycles. The number of hydrogen-bond donors (Lipinski definition) is 3. The summed E-state index contributed by atoms with van der Waals surface area (Å²) in [6.45, 7) is -0.175. The summed E-state index contributed by atoms with van der Waals surface area (Å²) >= 11 is 0. The van der Waals surface area contributed by atoms with Crippen LogP contribution in [-0.4, -0.2) is 30.6 Å². The topological polar surface area (TPSA) is 96.9 Å². The van der Waals surface area contributed by atoms with Crippen molar-refractivity contribution in [3.05, 3.63) is 78.4 Å².